The lowest BCUT2D eigenvalue weighted by Crippen LogP contribution is -2.15. The monoisotopic (exact) mass is 281 g/mol. The predicted octanol–water partition coefficient (Wildman–Crippen LogP) is 1.51. The van der Waals surface area contributed by atoms with E-state index in [4.69, 9.17) is 5.11 Å². The standard InChI is InChI=1S/C15H15N5O/c21-8-7-20-15-12(9-18-20)14(16-10-17-15)19-6-5-11-3-1-2-4-13(11)19/h1-4,9-10,21H,5-8H2. The second-order valence-corrected chi connectivity index (χ2v) is 5.06. The van der Waals surface area contributed by atoms with E-state index in [0.717, 1.165) is 29.8 Å². The maximum Gasteiger partial charge on any atom is 0.163 e. The minimum atomic E-state index is 0.0443. The highest BCUT2D eigenvalue weighted by Crippen LogP contribution is 2.35. The number of rotatable bonds is 3. The molecule has 0 spiro atoms. The van der Waals surface area contributed by atoms with Crippen LogP contribution in [0.25, 0.3) is 11.0 Å². The largest absolute Gasteiger partial charge is 0.394 e. The number of nitrogens with zero attached hydrogens (tertiary/aromatic N) is 5. The van der Waals surface area contributed by atoms with Crippen LogP contribution in [0.5, 0.6) is 0 Å². The van der Waals surface area contributed by atoms with E-state index in [1.54, 1.807) is 17.2 Å². The van der Waals surface area contributed by atoms with Crippen molar-refractivity contribution in [2.45, 2.75) is 13.0 Å². The normalized spacial score (nSPS) is 13.9. The number of hydrogen-bond donors (Lipinski definition) is 1. The average Bonchev–Trinajstić information content (AvgIpc) is 3.12. The first-order chi connectivity index (χ1) is 10.4. The van der Waals surface area contributed by atoms with E-state index in [9.17, 15) is 0 Å². The van der Waals surface area contributed by atoms with Crippen molar-refractivity contribution in [2.75, 3.05) is 18.1 Å². The zero-order valence-corrected chi connectivity index (χ0v) is 11.5. The highest BCUT2D eigenvalue weighted by molar-refractivity contribution is 5.90. The van der Waals surface area contributed by atoms with Crippen LogP contribution in [0.15, 0.2) is 36.8 Å². The summed E-state index contributed by atoms with van der Waals surface area (Å²) in [5.41, 5.74) is 3.30. The molecule has 2 aromatic heterocycles. The quantitative estimate of drug-likeness (QED) is 0.788. The molecule has 1 aliphatic heterocycles. The fourth-order valence-electron chi connectivity index (χ4n) is 2.91. The number of aliphatic hydroxyl groups excluding tert-OH is 1. The van der Waals surface area contributed by atoms with Crippen molar-refractivity contribution in [2.24, 2.45) is 0 Å². The molecule has 0 aliphatic carbocycles. The Labute approximate surface area is 121 Å². The van der Waals surface area contributed by atoms with Gasteiger partial charge in [-0.25, -0.2) is 14.6 Å². The molecule has 0 unspecified atom stereocenters. The Hall–Kier alpha value is -2.47. The molecule has 0 fully saturated rings. The lowest BCUT2D eigenvalue weighted by molar-refractivity contribution is 0.271. The molecule has 3 heterocycles. The molecular weight excluding hydrogens is 266 g/mol. The molecule has 6 nitrogen and oxygen atoms in total. The van der Waals surface area contributed by atoms with Gasteiger partial charge in [-0.1, -0.05) is 18.2 Å². The fourth-order valence-corrected chi connectivity index (χ4v) is 2.91. The number of hydrogen-bond acceptors (Lipinski definition) is 5. The summed E-state index contributed by atoms with van der Waals surface area (Å²) in [7, 11) is 0. The molecule has 0 radical (unpaired) electrons. The first-order valence-electron chi connectivity index (χ1n) is 7.01. The van der Waals surface area contributed by atoms with Crippen LogP contribution >= 0.6 is 0 Å². The average molecular weight is 281 g/mol. The molecule has 0 bridgehead atoms. The van der Waals surface area contributed by atoms with Gasteiger partial charge in [0.2, 0.25) is 0 Å². The molecule has 106 valence electrons. The number of aliphatic hydroxyl groups is 1. The van der Waals surface area contributed by atoms with E-state index in [1.807, 2.05) is 6.07 Å². The maximum atomic E-state index is 9.09. The van der Waals surface area contributed by atoms with E-state index in [0.29, 0.717) is 6.54 Å². The van der Waals surface area contributed by atoms with E-state index < -0.39 is 0 Å². The number of para-hydroxylation sites is 1. The number of fused-ring (bicyclic) bond motifs is 2. The van der Waals surface area contributed by atoms with Gasteiger partial charge in [0.15, 0.2) is 5.65 Å². The Morgan fingerprint density at radius 1 is 1.19 bits per heavy atom. The summed E-state index contributed by atoms with van der Waals surface area (Å²) in [4.78, 5) is 11.0. The Bertz CT molecular complexity index is 798. The zero-order valence-electron chi connectivity index (χ0n) is 11.5. The van der Waals surface area contributed by atoms with Crippen LogP contribution in [0.4, 0.5) is 11.5 Å². The van der Waals surface area contributed by atoms with E-state index >= 15 is 0 Å². The van der Waals surface area contributed by atoms with Gasteiger partial charge in [0.05, 0.1) is 24.7 Å². The lowest BCUT2D eigenvalue weighted by Gasteiger charge is -2.18. The van der Waals surface area contributed by atoms with Gasteiger partial charge in [-0.2, -0.15) is 5.10 Å². The molecule has 0 atom stereocenters. The summed E-state index contributed by atoms with van der Waals surface area (Å²) in [6, 6.07) is 8.39. The van der Waals surface area contributed by atoms with Crippen molar-refractivity contribution in [1.29, 1.82) is 0 Å². The summed E-state index contributed by atoms with van der Waals surface area (Å²) >= 11 is 0. The topological polar surface area (TPSA) is 67.1 Å². The molecule has 0 amide bonds. The van der Waals surface area contributed by atoms with Gasteiger partial charge in [0, 0.05) is 12.2 Å². The second-order valence-electron chi connectivity index (χ2n) is 5.06. The van der Waals surface area contributed by atoms with Gasteiger partial charge in [-0.15, -0.1) is 0 Å². The highest BCUT2D eigenvalue weighted by atomic mass is 16.3. The summed E-state index contributed by atoms with van der Waals surface area (Å²) in [5.74, 6) is 0.883. The molecule has 1 aromatic carbocycles. The summed E-state index contributed by atoms with van der Waals surface area (Å²) in [6.07, 6.45) is 4.36. The lowest BCUT2D eigenvalue weighted by atomic mass is 10.2. The third-order valence-corrected chi connectivity index (χ3v) is 3.87. The number of aromatic nitrogens is 4. The molecule has 0 saturated heterocycles. The van der Waals surface area contributed by atoms with Crippen LogP contribution in [0.3, 0.4) is 0 Å². The van der Waals surface area contributed by atoms with Gasteiger partial charge in [0.25, 0.3) is 0 Å². The molecule has 1 N–H and O–H groups in total. The van der Waals surface area contributed by atoms with Gasteiger partial charge in [-0.05, 0) is 18.1 Å². The van der Waals surface area contributed by atoms with Crippen molar-refractivity contribution in [1.82, 2.24) is 19.7 Å². The third kappa shape index (κ3) is 1.87. The first kappa shape index (κ1) is 12.3. The van der Waals surface area contributed by atoms with E-state index in [2.05, 4.69) is 38.2 Å². The van der Waals surface area contributed by atoms with E-state index in [-0.39, 0.29) is 6.61 Å². The molecule has 3 aromatic rings. The Morgan fingerprint density at radius 2 is 2.10 bits per heavy atom. The molecule has 6 heteroatoms. The third-order valence-electron chi connectivity index (χ3n) is 3.87. The van der Waals surface area contributed by atoms with Crippen LogP contribution in [0, 0.1) is 0 Å². The Balaban J connectivity index is 1.85. The van der Waals surface area contributed by atoms with E-state index in [1.165, 1.54) is 11.3 Å². The molecule has 1 aliphatic rings. The Kier molecular flexibility index (Phi) is 2.82. The molecule has 21 heavy (non-hydrogen) atoms. The molecule has 4 rings (SSSR count). The summed E-state index contributed by atoms with van der Waals surface area (Å²) in [6.45, 7) is 1.40. The smallest absolute Gasteiger partial charge is 0.163 e. The van der Waals surface area contributed by atoms with Crippen molar-refractivity contribution < 1.29 is 5.11 Å². The number of benzene rings is 1. The second kappa shape index (κ2) is 4.82. The maximum absolute atomic E-state index is 9.09. The van der Waals surface area contributed by atoms with Crippen LogP contribution in [0.1, 0.15) is 5.56 Å². The van der Waals surface area contributed by atoms with Gasteiger partial charge >= 0.3 is 0 Å². The first-order valence-corrected chi connectivity index (χ1v) is 7.01. The predicted molar refractivity (Wildman–Crippen MR) is 79.6 cm³/mol. The minimum absolute atomic E-state index is 0.0443. The van der Waals surface area contributed by atoms with Crippen LogP contribution in [0.2, 0.25) is 0 Å². The van der Waals surface area contributed by atoms with Crippen molar-refractivity contribution >= 4 is 22.5 Å². The number of anilines is 2. The minimum Gasteiger partial charge on any atom is -0.394 e. The summed E-state index contributed by atoms with van der Waals surface area (Å²) in [5, 5.41) is 14.3. The van der Waals surface area contributed by atoms with Crippen LogP contribution in [-0.4, -0.2) is 38.0 Å². The van der Waals surface area contributed by atoms with Gasteiger partial charge in [0.1, 0.15) is 12.1 Å². The van der Waals surface area contributed by atoms with Crippen molar-refractivity contribution in [3.63, 3.8) is 0 Å². The van der Waals surface area contributed by atoms with Gasteiger partial charge < -0.3 is 10.0 Å². The van der Waals surface area contributed by atoms with Gasteiger partial charge in [-0.3, -0.25) is 0 Å². The zero-order chi connectivity index (χ0) is 14.2. The summed E-state index contributed by atoms with van der Waals surface area (Å²) < 4.78 is 1.71. The Morgan fingerprint density at radius 3 is 3.00 bits per heavy atom. The van der Waals surface area contributed by atoms with Crippen molar-refractivity contribution in [3.8, 4) is 0 Å². The molecule has 0 saturated carbocycles. The van der Waals surface area contributed by atoms with Crippen molar-refractivity contribution in [3.05, 3.63) is 42.4 Å². The SMILES string of the molecule is OCCn1ncc2c(N3CCc4ccccc43)ncnc21. The molecular formula is C15H15N5O. The van der Waals surface area contributed by atoms with Crippen LogP contribution in [-0.2, 0) is 13.0 Å². The fraction of sp³-hybridized carbons (Fsp3) is 0.267. The van der Waals surface area contributed by atoms with Crippen LogP contribution < -0.4 is 4.90 Å². The highest BCUT2D eigenvalue weighted by Gasteiger charge is 2.23.